The molecular formula is C11H14N2O4. The van der Waals surface area contributed by atoms with Gasteiger partial charge in [0, 0.05) is 12.6 Å². The molecule has 17 heavy (non-hydrogen) atoms. The number of nitrogens with one attached hydrogen (secondary N) is 1. The molecule has 0 aliphatic carbocycles. The molecule has 1 rings (SSSR count). The van der Waals surface area contributed by atoms with Crippen LogP contribution in [0, 0.1) is 10.1 Å². The van der Waals surface area contributed by atoms with Crippen LogP contribution in [0.4, 0.5) is 11.4 Å². The lowest BCUT2D eigenvalue weighted by Crippen LogP contribution is -2.11. The first kappa shape index (κ1) is 13.0. The molecule has 0 bridgehead atoms. The molecule has 6 nitrogen and oxygen atoms in total. The number of nitro groups is 1. The van der Waals surface area contributed by atoms with E-state index < -0.39 is 10.9 Å². The van der Waals surface area contributed by atoms with E-state index in [1.165, 1.54) is 18.2 Å². The van der Waals surface area contributed by atoms with Crippen molar-refractivity contribution in [1.29, 1.82) is 0 Å². The number of hydrogen-bond acceptors (Lipinski definition) is 5. The first-order chi connectivity index (χ1) is 8.11. The molecule has 0 aliphatic rings. The van der Waals surface area contributed by atoms with Gasteiger partial charge in [0.2, 0.25) is 0 Å². The highest BCUT2D eigenvalue weighted by molar-refractivity contribution is 5.98. The Morgan fingerprint density at radius 2 is 2.18 bits per heavy atom. The summed E-state index contributed by atoms with van der Waals surface area (Å²) >= 11 is 0. The van der Waals surface area contributed by atoms with Gasteiger partial charge in [-0.05, 0) is 19.9 Å². The molecule has 0 unspecified atom stereocenters. The second kappa shape index (κ2) is 5.83. The normalized spacial score (nSPS) is 9.76. The molecule has 0 spiro atoms. The number of rotatable bonds is 5. The molecule has 0 aliphatic heterocycles. The van der Waals surface area contributed by atoms with Crippen LogP contribution in [-0.2, 0) is 4.74 Å². The zero-order valence-electron chi connectivity index (χ0n) is 9.73. The molecule has 0 saturated carbocycles. The van der Waals surface area contributed by atoms with Gasteiger partial charge in [0.1, 0.15) is 5.69 Å². The number of benzene rings is 1. The summed E-state index contributed by atoms with van der Waals surface area (Å²) in [6.07, 6.45) is 0. The number of ether oxygens (including phenoxy) is 1. The molecule has 0 amide bonds. The van der Waals surface area contributed by atoms with Crippen LogP contribution < -0.4 is 5.32 Å². The first-order valence-electron chi connectivity index (χ1n) is 5.30. The smallest absolute Gasteiger partial charge is 0.340 e. The Morgan fingerprint density at radius 3 is 2.71 bits per heavy atom. The quantitative estimate of drug-likeness (QED) is 0.483. The maximum atomic E-state index is 11.6. The zero-order valence-corrected chi connectivity index (χ0v) is 9.73. The Hall–Kier alpha value is -2.11. The van der Waals surface area contributed by atoms with E-state index in [4.69, 9.17) is 4.74 Å². The third kappa shape index (κ3) is 2.93. The number of para-hydroxylation sites is 1. The summed E-state index contributed by atoms with van der Waals surface area (Å²) in [5.74, 6) is -0.563. The Labute approximate surface area is 98.7 Å². The summed E-state index contributed by atoms with van der Waals surface area (Å²) in [6, 6.07) is 4.31. The Bertz CT molecular complexity index is 431. The molecule has 1 aromatic carbocycles. The average molecular weight is 238 g/mol. The van der Waals surface area contributed by atoms with Gasteiger partial charge >= 0.3 is 5.97 Å². The lowest BCUT2D eigenvalue weighted by molar-refractivity contribution is -0.384. The lowest BCUT2D eigenvalue weighted by atomic mass is 10.1. The van der Waals surface area contributed by atoms with Crippen molar-refractivity contribution in [2.24, 2.45) is 0 Å². The fourth-order valence-corrected chi connectivity index (χ4v) is 1.43. The SMILES string of the molecule is CCNc1c(C(=O)OCC)cccc1[N+](=O)[O-]. The Balaban J connectivity index is 3.24. The van der Waals surface area contributed by atoms with Gasteiger partial charge in [-0.15, -0.1) is 0 Å². The van der Waals surface area contributed by atoms with Crippen LogP contribution in [0.2, 0.25) is 0 Å². The molecule has 6 heteroatoms. The summed E-state index contributed by atoms with van der Waals surface area (Å²) < 4.78 is 4.85. The van der Waals surface area contributed by atoms with Gasteiger partial charge in [-0.3, -0.25) is 10.1 Å². The zero-order chi connectivity index (χ0) is 12.8. The van der Waals surface area contributed by atoms with Crippen molar-refractivity contribution in [2.75, 3.05) is 18.5 Å². The minimum atomic E-state index is -0.563. The van der Waals surface area contributed by atoms with Gasteiger partial charge in [-0.1, -0.05) is 6.07 Å². The first-order valence-corrected chi connectivity index (χ1v) is 5.30. The van der Waals surface area contributed by atoms with E-state index in [1.54, 1.807) is 13.8 Å². The molecule has 0 atom stereocenters. The monoisotopic (exact) mass is 238 g/mol. The molecular weight excluding hydrogens is 224 g/mol. The van der Waals surface area contributed by atoms with Crippen molar-refractivity contribution < 1.29 is 14.5 Å². The second-order valence-electron chi connectivity index (χ2n) is 3.21. The van der Waals surface area contributed by atoms with Crippen molar-refractivity contribution in [3.05, 3.63) is 33.9 Å². The summed E-state index contributed by atoms with van der Waals surface area (Å²) in [7, 11) is 0. The van der Waals surface area contributed by atoms with Crippen LogP contribution in [0.15, 0.2) is 18.2 Å². The van der Waals surface area contributed by atoms with E-state index in [0.717, 1.165) is 0 Å². The minimum absolute atomic E-state index is 0.127. The van der Waals surface area contributed by atoms with E-state index in [1.807, 2.05) is 0 Å². The van der Waals surface area contributed by atoms with Gasteiger partial charge in [-0.25, -0.2) is 4.79 Å². The Kier molecular flexibility index (Phi) is 4.45. The van der Waals surface area contributed by atoms with Crippen molar-refractivity contribution >= 4 is 17.3 Å². The highest BCUT2D eigenvalue weighted by Gasteiger charge is 2.21. The average Bonchev–Trinajstić information content (AvgIpc) is 2.29. The second-order valence-corrected chi connectivity index (χ2v) is 3.21. The van der Waals surface area contributed by atoms with E-state index >= 15 is 0 Å². The van der Waals surface area contributed by atoms with Crippen molar-refractivity contribution in [1.82, 2.24) is 0 Å². The van der Waals surface area contributed by atoms with Crippen molar-refractivity contribution in [3.63, 3.8) is 0 Å². The van der Waals surface area contributed by atoms with E-state index in [-0.39, 0.29) is 23.5 Å². The van der Waals surface area contributed by atoms with Crippen LogP contribution in [0.3, 0.4) is 0 Å². The van der Waals surface area contributed by atoms with Crippen LogP contribution in [0.5, 0.6) is 0 Å². The van der Waals surface area contributed by atoms with Crippen LogP contribution in [0.1, 0.15) is 24.2 Å². The van der Waals surface area contributed by atoms with Crippen molar-refractivity contribution in [2.45, 2.75) is 13.8 Å². The molecule has 1 aromatic rings. The number of carbonyl (C=O) groups is 1. The van der Waals surface area contributed by atoms with Gasteiger partial charge in [0.15, 0.2) is 0 Å². The number of anilines is 1. The molecule has 1 N–H and O–H groups in total. The summed E-state index contributed by atoms with van der Waals surface area (Å²) in [4.78, 5) is 21.9. The van der Waals surface area contributed by atoms with Gasteiger partial charge in [0.05, 0.1) is 17.1 Å². The Morgan fingerprint density at radius 1 is 1.47 bits per heavy atom. The van der Waals surface area contributed by atoms with Crippen molar-refractivity contribution in [3.8, 4) is 0 Å². The predicted octanol–water partition coefficient (Wildman–Crippen LogP) is 2.20. The third-order valence-electron chi connectivity index (χ3n) is 2.09. The minimum Gasteiger partial charge on any atom is -0.462 e. The molecule has 92 valence electrons. The van der Waals surface area contributed by atoms with E-state index in [2.05, 4.69) is 5.32 Å². The molecule has 0 aromatic heterocycles. The molecule has 0 fully saturated rings. The highest BCUT2D eigenvalue weighted by atomic mass is 16.6. The topological polar surface area (TPSA) is 81.5 Å². The van der Waals surface area contributed by atoms with Crippen LogP contribution in [-0.4, -0.2) is 24.0 Å². The molecule has 0 heterocycles. The number of carbonyl (C=O) groups excluding carboxylic acids is 1. The van der Waals surface area contributed by atoms with E-state index in [9.17, 15) is 14.9 Å². The van der Waals surface area contributed by atoms with Gasteiger partial charge in [-0.2, -0.15) is 0 Å². The van der Waals surface area contributed by atoms with Crippen LogP contribution >= 0.6 is 0 Å². The standard InChI is InChI=1S/C11H14N2O4/c1-3-12-10-8(11(14)17-4-2)6-5-7-9(10)13(15)16/h5-7,12H,3-4H2,1-2H3. The maximum absolute atomic E-state index is 11.6. The van der Waals surface area contributed by atoms with Gasteiger partial charge in [0.25, 0.3) is 5.69 Å². The molecule has 0 radical (unpaired) electrons. The summed E-state index contributed by atoms with van der Waals surface area (Å²) in [5.41, 5.74) is 0.263. The number of esters is 1. The number of nitrogens with zero attached hydrogens (tertiary/aromatic N) is 1. The largest absolute Gasteiger partial charge is 0.462 e. The highest BCUT2D eigenvalue weighted by Crippen LogP contribution is 2.28. The third-order valence-corrected chi connectivity index (χ3v) is 2.09. The van der Waals surface area contributed by atoms with E-state index in [0.29, 0.717) is 6.54 Å². The number of nitro benzene ring substituents is 1. The summed E-state index contributed by atoms with van der Waals surface area (Å²) in [5, 5.41) is 13.7. The maximum Gasteiger partial charge on any atom is 0.340 e. The molecule has 0 saturated heterocycles. The fourth-order valence-electron chi connectivity index (χ4n) is 1.43. The van der Waals surface area contributed by atoms with Gasteiger partial charge < -0.3 is 10.1 Å². The lowest BCUT2D eigenvalue weighted by Gasteiger charge is -2.09. The predicted molar refractivity (Wildman–Crippen MR) is 63.2 cm³/mol. The van der Waals surface area contributed by atoms with Crippen LogP contribution in [0.25, 0.3) is 0 Å². The number of hydrogen-bond donors (Lipinski definition) is 1. The fraction of sp³-hybridized carbons (Fsp3) is 0.364. The summed E-state index contributed by atoms with van der Waals surface area (Å²) in [6.45, 7) is 4.19.